The van der Waals surface area contributed by atoms with Gasteiger partial charge in [-0.25, -0.2) is 4.39 Å². The largest absolute Gasteiger partial charge is 0.493 e. The summed E-state index contributed by atoms with van der Waals surface area (Å²) in [6.45, 7) is 0.0877. The Bertz CT molecular complexity index is 766. The van der Waals surface area contributed by atoms with E-state index in [9.17, 15) is 9.18 Å². The van der Waals surface area contributed by atoms with E-state index in [1.807, 2.05) is 0 Å². The first kappa shape index (κ1) is 19.4. The minimum Gasteiger partial charge on any atom is -0.493 e. The quantitative estimate of drug-likeness (QED) is 0.722. The maximum atomic E-state index is 13.1. The number of rotatable bonds is 8. The molecule has 0 aromatic heterocycles. The molecule has 0 saturated heterocycles. The molecule has 0 atom stereocenters. The van der Waals surface area contributed by atoms with E-state index in [2.05, 4.69) is 0 Å². The highest BCUT2D eigenvalue weighted by atomic mass is 19.1. The van der Waals surface area contributed by atoms with E-state index < -0.39 is 5.82 Å². The third-order valence-electron chi connectivity index (χ3n) is 3.78. The monoisotopic (exact) mass is 363 g/mol. The van der Waals surface area contributed by atoms with Gasteiger partial charge in [0.25, 0.3) is 5.91 Å². The lowest BCUT2D eigenvalue weighted by atomic mass is 10.1. The Morgan fingerprint density at radius 2 is 1.77 bits per heavy atom. The number of hydrogen-bond acceptors (Lipinski definition) is 5. The summed E-state index contributed by atoms with van der Waals surface area (Å²) in [4.78, 5) is 13.8. The van der Waals surface area contributed by atoms with Crippen molar-refractivity contribution in [3.05, 3.63) is 47.8 Å². The maximum Gasteiger partial charge on any atom is 0.260 e. The Kier molecular flexibility index (Phi) is 6.66. The fourth-order valence-corrected chi connectivity index (χ4v) is 2.44. The number of carbonyl (C=O) groups excluding carboxylic acids is 1. The zero-order chi connectivity index (χ0) is 19.1. The zero-order valence-electron chi connectivity index (χ0n) is 15.2. The molecule has 26 heavy (non-hydrogen) atoms. The number of amides is 1. The van der Waals surface area contributed by atoms with Gasteiger partial charge in [-0.05, 0) is 24.3 Å². The molecule has 7 heteroatoms. The number of ether oxygens (including phenoxy) is 4. The van der Waals surface area contributed by atoms with E-state index in [0.29, 0.717) is 23.0 Å². The van der Waals surface area contributed by atoms with Gasteiger partial charge in [-0.15, -0.1) is 0 Å². The first-order chi connectivity index (χ1) is 12.5. The van der Waals surface area contributed by atoms with Crippen LogP contribution in [0.3, 0.4) is 0 Å². The summed E-state index contributed by atoms with van der Waals surface area (Å²) in [5, 5.41) is 0. The molecule has 0 N–H and O–H groups in total. The van der Waals surface area contributed by atoms with Gasteiger partial charge in [0.1, 0.15) is 11.6 Å². The first-order valence-electron chi connectivity index (χ1n) is 7.90. The predicted molar refractivity (Wildman–Crippen MR) is 94.5 cm³/mol. The minimum absolute atomic E-state index is 0.199. The highest BCUT2D eigenvalue weighted by Crippen LogP contribution is 2.40. The highest BCUT2D eigenvalue weighted by Gasteiger charge is 2.19. The van der Waals surface area contributed by atoms with Crippen LogP contribution >= 0.6 is 0 Å². The molecule has 2 aromatic carbocycles. The number of likely N-dealkylation sites (N-methyl/N-ethyl adjacent to an activating group) is 1. The minimum atomic E-state index is -0.418. The zero-order valence-corrected chi connectivity index (χ0v) is 15.2. The summed E-state index contributed by atoms with van der Waals surface area (Å²) >= 11 is 0. The second-order valence-electron chi connectivity index (χ2n) is 5.49. The second kappa shape index (κ2) is 8.94. The summed E-state index contributed by atoms with van der Waals surface area (Å²) in [6.07, 6.45) is 0. The van der Waals surface area contributed by atoms with Crippen molar-refractivity contribution < 1.29 is 28.1 Å². The molecule has 0 bridgehead atoms. The van der Waals surface area contributed by atoms with E-state index in [1.54, 1.807) is 25.2 Å². The van der Waals surface area contributed by atoms with Crippen LogP contribution in [0.5, 0.6) is 23.0 Å². The highest BCUT2D eigenvalue weighted by molar-refractivity contribution is 5.77. The Labute approximate surface area is 152 Å². The molecular formula is C19H22FNO5. The number of nitrogens with zero attached hydrogens (tertiary/aromatic N) is 1. The Morgan fingerprint density at radius 3 is 2.38 bits per heavy atom. The lowest BCUT2D eigenvalue weighted by Crippen LogP contribution is -2.31. The van der Waals surface area contributed by atoms with Gasteiger partial charge in [0, 0.05) is 25.2 Å². The number of methoxy groups -OCH3 is 3. The van der Waals surface area contributed by atoms with Crippen molar-refractivity contribution in [3.63, 3.8) is 0 Å². The molecule has 0 heterocycles. The van der Waals surface area contributed by atoms with Crippen molar-refractivity contribution in [1.82, 2.24) is 4.90 Å². The van der Waals surface area contributed by atoms with Gasteiger partial charge in [0.2, 0.25) is 5.75 Å². The third-order valence-corrected chi connectivity index (χ3v) is 3.78. The van der Waals surface area contributed by atoms with Crippen LogP contribution in [0.25, 0.3) is 0 Å². The topological polar surface area (TPSA) is 57.2 Å². The van der Waals surface area contributed by atoms with Crippen LogP contribution in [0.2, 0.25) is 0 Å². The van der Waals surface area contributed by atoms with Gasteiger partial charge in [-0.2, -0.15) is 0 Å². The van der Waals surface area contributed by atoms with Crippen molar-refractivity contribution in [3.8, 4) is 23.0 Å². The van der Waals surface area contributed by atoms with E-state index >= 15 is 0 Å². The molecule has 0 radical (unpaired) electrons. The molecule has 6 nitrogen and oxygen atoms in total. The van der Waals surface area contributed by atoms with Crippen molar-refractivity contribution in [2.75, 3.05) is 35.0 Å². The molecule has 0 aliphatic heterocycles. The molecule has 0 unspecified atom stereocenters. The van der Waals surface area contributed by atoms with Crippen molar-refractivity contribution in [2.24, 2.45) is 0 Å². The van der Waals surface area contributed by atoms with Crippen LogP contribution < -0.4 is 18.9 Å². The Hall–Kier alpha value is -2.96. The van der Waals surface area contributed by atoms with Crippen LogP contribution in [0.15, 0.2) is 36.4 Å². The fraction of sp³-hybridized carbons (Fsp3) is 0.316. The molecule has 140 valence electrons. The first-order valence-corrected chi connectivity index (χ1v) is 7.90. The molecule has 0 spiro atoms. The average molecular weight is 363 g/mol. The Balaban J connectivity index is 2.06. The summed E-state index contributed by atoms with van der Waals surface area (Å²) in [5.41, 5.74) is 0.756. The van der Waals surface area contributed by atoms with Gasteiger partial charge >= 0.3 is 0 Å². The summed E-state index contributed by atoms with van der Waals surface area (Å²) < 4.78 is 34.5. The number of carbonyl (C=O) groups is 1. The molecule has 0 saturated carbocycles. The van der Waals surface area contributed by atoms with Crippen molar-refractivity contribution in [2.45, 2.75) is 6.54 Å². The van der Waals surface area contributed by atoms with Crippen LogP contribution in [0.1, 0.15) is 5.56 Å². The molecule has 2 rings (SSSR count). The number of hydrogen-bond donors (Lipinski definition) is 0. The maximum absolute atomic E-state index is 13.1. The van der Waals surface area contributed by atoms with Crippen molar-refractivity contribution in [1.29, 1.82) is 0 Å². The standard InChI is InChI=1S/C19H22FNO5/c1-21(17(22)12-26-15-7-5-6-14(20)10-15)11-13-8-9-16(23-2)19(25-4)18(13)24-3/h5-10H,11-12H2,1-4H3. The normalized spacial score (nSPS) is 10.2. The van der Waals surface area contributed by atoms with Gasteiger partial charge in [-0.1, -0.05) is 6.07 Å². The van der Waals surface area contributed by atoms with Gasteiger partial charge in [0.05, 0.1) is 21.3 Å². The lowest BCUT2D eigenvalue weighted by molar-refractivity contribution is -0.132. The average Bonchev–Trinajstić information content (AvgIpc) is 2.65. The second-order valence-corrected chi connectivity index (χ2v) is 5.49. The molecule has 0 aliphatic carbocycles. The van der Waals surface area contributed by atoms with Crippen LogP contribution in [0.4, 0.5) is 4.39 Å². The lowest BCUT2D eigenvalue weighted by Gasteiger charge is -2.21. The summed E-state index contributed by atoms with van der Waals surface area (Å²) in [5.74, 6) is 1.12. The third kappa shape index (κ3) is 4.56. The van der Waals surface area contributed by atoms with Crippen LogP contribution in [-0.4, -0.2) is 45.8 Å². The van der Waals surface area contributed by atoms with E-state index in [1.165, 1.54) is 44.4 Å². The summed E-state index contributed by atoms with van der Waals surface area (Å²) in [7, 11) is 6.23. The SMILES string of the molecule is COc1ccc(CN(C)C(=O)COc2cccc(F)c2)c(OC)c1OC. The van der Waals surface area contributed by atoms with Gasteiger partial charge in [-0.3, -0.25) is 4.79 Å². The fourth-order valence-electron chi connectivity index (χ4n) is 2.44. The number of benzene rings is 2. The van der Waals surface area contributed by atoms with Crippen LogP contribution in [-0.2, 0) is 11.3 Å². The van der Waals surface area contributed by atoms with Gasteiger partial charge < -0.3 is 23.8 Å². The smallest absolute Gasteiger partial charge is 0.260 e. The van der Waals surface area contributed by atoms with E-state index in [-0.39, 0.29) is 19.1 Å². The number of halogens is 1. The predicted octanol–water partition coefficient (Wildman–Crippen LogP) is 2.89. The van der Waals surface area contributed by atoms with Gasteiger partial charge in [0.15, 0.2) is 18.1 Å². The molecular weight excluding hydrogens is 341 g/mol. The Morgan fingerprint density at radius 1 is 1.04 bits per heavy atom. The van der Waals surface area contributed by atoms with Crippen LogP contribution in [0, 0.1) is 5.82 Å². The van der Waals surface area contributed by atoms with E-state index in [0.717, 1.165) is 5.56 Å². The molecule has 0 aliphatic rings. The molecule has 2 aromatic rings. The molecule has 1 amide bonds. The molecule has 0 fully saturated rings. The van der Waals surface area contributed by atoms with Crippen molar-refractivity contribution >= 4 is 5.91 Å². The summed E-state index contributed by atoms with van der Waals surface area (Å²) in [6, 6.07) is 9.20. The van der Waals surface area contributed by atoms with E-state index in [4.69, 9.17) is 18.9 Å².